The van der Waals surface area contributed by atoms with E-state index in [1.54, 1.807) is 7.11 Å². The number of nitrogens with two attached hydrogens (primary N) is 1. The molecule has 0 bridgehead atoms. The van der Waals surface area contributed by atoms with E-state index in [2.05, 4.69) is 4.90 Å². The molecule has 1 unspecified atom stereocenters. The number of methoxy groups -OCH3 is 1. The van der Waals surface area contributed by atoms with Gasteiger partial charge in [0.05, 0.1) is 7.11 Å². The number of nitrogens with zero attached hydrogens (tertiary/aromatic N) is 1. The van der Waals surface area contributed by atoms with Crippen LogP contribution in [-0.2, 0) is 0 Å². The lowest BCUT2D eigenvalue weighted by Gasteiger charge is -2.15. The number of ether oxygens (including phenoxy) is 2. The second-order valence-electron chi connectivity index (χ2n) is 4.35. The maximum absolute atomic E-state index is 5.82. The Morgan fingerprint density at radius 1 is 1.29 bits per heavy atom. The van der Waals surface area contributed by atoms with Crippen molar-refractivity contribution in [2.45, 2.75) is 13.0 Å². The lowest BCUT2D eigenvalue weighted by molar-refractivity contribution is 0.250. The summed E-state index contributed by atoms with van der Waals surface area (Å²) >= 11 is 0. The second kappa shape index (κ2) is 6.47. The van der Waals surface area contributed by atoms with Gasteiger partial charge in [0, 0.05) is 12.6 Å². The lowest BCUT2D eigenvalue weighted by atomic mass is 10.1. The normalized spacial score (nSPS) is 12.6. The lowest BCUT2D eigenvalue weighted by Crippen LogP contribution is -2.19. The highest BCUT2D eigenvalue weighted by molar-refractivity contribution is 5.43. The Kier molecular flexibility index (Phi) is 5.25. The zero-order valence-electron chi connectivity index (χ0n) is 11.1. The molecule has 0 saturated heterocycles. The van der Waals surface area contributed by atoms with Crippen LogP contribution >= 0.6 is 0 Å². The van der Waals surface area contributed by atoms with Crippen molar-refractivity contribution in [1.82, 2.24) is 4.90 Å². The monoisotopic (exact) mass is 238 g/mol. The highest BCUT2D eigenvalue weighted by Gasteiger charge is 2.08. The summed E-state index contributed by atoms with van der Waals surface area (Å²) in [4.78, 5) is 2.07. The molecule has 1 aromatic carbocycles. The summed E-state index contributed by atoms with van der Waals surface area (Å²) in [7, 11) is 5.67. The van der Waals surface area contributed by atoms with Gasteiger partial charge in [-0.3, -0.25) is 0 Å². The van der Waals surface area contributed by atoms with Crippen molar-refractivity contribution in [1.29, 1.82) is 0 Å². The van der Waals surface area contributed by atoms with Crippen molar-refractivity contribution in [3.05, 3.63) is 23.8 Å². The van der Waals surface area contributed by atoms with E-state index >= 15 is 0 Å². The molecule has 17 heavy (non-hydrogen) atoms. The Labute approximate surface area is 103 Å². The van der Waals surface area contributed by atoms with Crippen LogP contribution in [-0.4, -0.2) is 39.3 Å². The topological polar surface area (TPSA) is 47.7 Å². The van der Waals surface area contributed by atoms with Crippen molar-refractivity contribution >= 4 is 0 Å². The third-order valence-electron chi connectivity index (χ3n) is 2.51. The third kappa shape index (κ3) is 4.24. The minimum absolute atomic E-state index is 0.000254. The average molecular weight is 238 g/mol. The van der Waals surface area contributed by atoms with E-state index in [1.165, 1.54) is 0 Å². The number of rotatable bonds is 6. The first kappa shape index (κ1) is 13.8. The number of hydrogen-bond donors (Lipinski definition) is 1. The molecule has 0 amide bonds. The Hall–Kier alpha value is -1.26. The molecule has 4 nitrogen and oxygen atoms in total. The van der Waals surface area contributed by atoms with Gasteiger partial charge >= 0.3 is 0 Å². The minimum Gasteiger partial charge on any atom is -0.493 e. The Morgan fingerprint density at radius 3 is 2.53 bits per heavy atom. The van der Waals surface area contributed by atoms with E-state index in [-0.39, 0.29) is 6.04 Å². The van der Waals surface area contributed by atoms with E-state index in [9.17, 15) is 0 Å². The molecule has 1 aromatic rings. The smallest absolute Gasteiger partial charge is 0.161 e. The zero-order chi connectivity index (χ0) is 12.8. The first-order valence-electron chi connectivity index (χ1n) is 5.75. The summed E-state index contributed by atoms with van der Waals surface area (Å²) in [6.45, 7) is 3.46. The average Bonchev–Trinajstić information content (AvgIpc) is 2.28. The first-order chi connectivity index (χ1) is 8.04. The quantitative estimate of drug-likeness (QED) is 0.818. The van der Waals surface area contributed by atoms with Crippen molar-refractivity contribution < 1.29 is 9.47 Å². The molecule has 0 radical (unpaired) electrons. The SMILES string of the molecule is COc1cc(C(C)N)ccc1OCCN(C)C. The summed E-state index contributed by atoms with van der Waals surface area (Å²) < 4.78 is 11.0. The van der Waals surface area contributed by atoms with Gasteiger partial charge in [-0.25, -0.2) is 0 Å². The van der Waals surface area contributed by atoms with E-state index in [1.807, 2.05) is 39.2 Å². The van der Waals surface area contributed by atoms with Crippen molar-refractivity contribution in [2.75, 3.05) is 34.4 Å². The molecule has 0 aliphatic rings. The van der Waals surface area contributed by atoms with Crippen LogP contribution in [0.4, 0.5) is 0 Å². The van der Waals surface area contributed by atoms with Crippen LogP contribution in [0.25, 0.3) is 0 Å². The zero-order valence-corrected chi connectivity index (χ0v) is 11.1. The van der Waals surface area contributed by atoms with E-state index in [0.29, 0.717) is 6.61 Å². The summed E-state index contributed by atoms with van der Waals surface area (Å²) in [6, 6.07) is 5.81. The molecule has 0 saturated carbocycles. The summed E-state index contributed by atoms with van der Waals surface area (Å²) in [5.41, 5.74) is 6.87. The Bertz CT molecular complexity index is 351. The largest absolute Gasteiger partial charge is 0.493 e. The Morgan fingerprint density at radius 2 is 2.00 bits per heavy atom. The fourth-order valence-electron chi connectivity index (χ4n) is 1.42. The van der Waals surface area contributed by atoms with Gasteiger partial charge in [-0.05, 0) is 38.7 Å². The standard InChI is InChI=1S/C13H22N2O2/c1-10(14)11-5-6-12(13(9-11)16-4)17-8-7-15(2)3/h5-6,9-10H,7-8,14H2,1-4H3. The van der Waals surface area contributed by atoms with Crippen LogP contribution in [0.15, 0.2) is 18.2 Å². The summed E-state index contributed by atoms with van der Waals surface area (Å²) in [6.07, 6.45) is 0. The molecular weight excluding hydrogens is 216 g/mol. The van der Waals surface area contributed by atoms with Crippen LogP contribution in [0.1, 0.15) is 18.5 Å². The number of likely N-dealkylation sites (N-methyl/N-ethyl adjacent to an activating group) is 1. The molecule has 0 spiro atoms. The van der Waals surface area contributed by atoms with Crippen molar-refractivity contribution in [3.63, 3.8) is 0 Å². The van der Waals surface area contributed by atoms with Gasteiger partial charge in [0.25, 0.3) is 0 Å². The fourth-order valence-corrected chi connectivity index (χ4v) is 1.42. The molecular formula is C13H22N2O2. The second-order valence-corrected chi connectivity index (χ2v) is 4.35. The van der Waals surface area contributed by atoms with Crippen LogP contribution in [0, 0.1) is 0 Å². The van der Waals surface area contributed by atoms with Crippen molar-refractivity contribution in [2.24, 2.45) is 5.73 Å². The molecule has 4 heteroatoms. The maximum atomic E-state index is 5.82. The van der Waals surface area contributed by atoms with Gasteiger partial charge in [0.1, 0.15) is 6.61 Å². The molecule has 0 aliphatic heterocycles. The van der Waals surface area contributed by atoms with Crippen LogP contribution in [0.2, 0.25) is 0 Å². The molecule has 0 aliphatic carbocycles. The van der Waals surface area contributed by atoms with Gasteiger partial charge in [0.2, 0.25) is 0 Å². The van der Waals surface area contributed by atoms with Gasteiger partial charge in [0.15, 0.2) is 11.5 Å². The number of benzene rings is 1. The molecule has 0 aromatic heterocycles. The molecule has 96 valence electrons. The van der Waals surface area contributed by atoms with Gasteiger partial charge in [-0.2, -0.15) is 0 Å². The predicted octanol–water partition coefficient (Wildman–Crippen LogP) is 1.66. The van der Waals surface area contributed by atoms with Gasteiger partial charge in [-0.15, -0.1) is 0 Å². The van der Waals surface area contributed by atoms with E-state index < -0.39 is 0 Å². The fraction of sp³-hybridized carbons (Fsp3) is 0.538. The minimum atomic E-state index is -0.000254. The van der Waals surface area contributed by atoms with E-state index in [0.717, 1.165) is 23.6 Å². The van der Waals surface area contributed by atoms with Crippen molar-refractivity contribution in [3.8, 4) is 11.5 Å². The molecule has 1 atom stereocenters. The summed E-state index contributed by atoms with van der Waals surface area (Å²) in [5, 5.41) is 0. The van der Waals surface area contributed by atoms with Gasteiger partial charge in [-0.1, -0.05) is 6.07 Å². The number of hydrogen-bond acceptors (Lipinski definition) is 4. The molecule has 2 N–H and O–H groups in total. The first-order valence-corrected chi connectivity index (χ1v) is 5.75. The molecule has 0 fully saturated rings. The highest BCUT2D eigenvalue weighted by atomic mass is 16.5. The van der Waals surface area contributed by atoms with Crippen LogP contribution < -0.4 is 15.2 Å². The van der Waals surface area contributed by atoms with Crippen LogP contribution in [0.5, 0.6) is 11.5 Å². The van der Waals surface area contributed by atoms with Crippen LogP contribution in [0.3, 0.4) is 0 Å². The van der Waals surface area contributed by atoms with E-state index in [4.69, 9.17) is 15.2 Å². The molecule has 1 rings (SSSR count). The predicted molar refractivity (Wildman–Crippen MR) is 69.6 cm³/mol. The highest BCUT2D eigenvalue weighted by Crippen LogP contribution is 2.29. The van der Waals surface area contributed by atoms with Gasteiger partial charge < -0.3 is 20.1 Å². The maximum Gasteiger partial charge on any atom is 0.161 e. The Balaban J connectivity index is 2.71. The molecule has 0 heterocycles. The summed E-state index contributed by atoms with van der Waals surface area (Å²) in [5.74, 6) is 1.50. The third-order valence-corrected chi connectivity index (χ3v) is 2.51.